The molecule has 7 heteroatoms. The maximum atomic E-state index is 11.8. The Hall–Kier alpha value is -4.53. The minimum absolute atomic E-state index is 0.00589. The smallest absolute Gasteiger partial charge is 0.338 e. The van der Waals surface area contributed by atoms with Crippen LogP contribution < -0.4 is 19.7 Å². The van der Waals surface area contributed by atoms with Gasteiger partial charge in [-0.15, -0.1) is 0 Å². The van der Waals surface area contributed by atoms with Crippen LogP contribution in [0.15, 0.2) is 140 Å². The van der Waals surface area contributed by atoms with E-state index in [1.807, 2.05) is 61.6 Å². The van der Waals surface area contributed by atoms with Gasteiger partial charge in [-0.2, -0.15) is 0 Å². The summed E-state index contributed by atoms with van der Waals surface area (Å²) in [6.45, 7) is 12.5. The maximum Gasteiger partial charge on any atom is 0.338 e. The lowest BCUT2D eigenvalue weighted by atomic mass is 10.2. The van der Waals surface area contributed by atoms with Crippen molar-refractivity contribution in [3.05, 3.63) is 140 Å². The predicted molar refractivity (Wildman–Crippen MR) is 163 cm³/mol. The van der Waals surface area contributed by atoms with Gasteiger partial charge >= 0.3 is 5.97 Å². The van der Waals surface area contributed by atoms with Crippen molar-refractivity contribution in [3.63, 3.8) is 0 Å². The Morgan fingerprint density at radius 3 is 1.51 bits per heavy atom. The molecular formula is C34H37N3O4+2. The largest absolute Gasteiger partial charge is 0.456 e. The lowest BCUT2D eigenvalue weighted by Crippen LogP contribution is -2.60. The Bertz CT molecular complexity index is 1360. The molecule has 4 aromatic rings. The van der Waals surface area contributed by atoms with E-state index in [4.69, 9.17) is 14.4 Å². The van der Waals surface area contributed by atoms with Gasteiger partial charge in [0.05, 0.1) is 13.6 Å². The summed E-state index contributed by atoms with van der Waals surface area (Å²) in [6, 6.07) is 37.1. The summed E-state index contributed by atoms with van der Waals surface area (Å²) >= 11 is 0. The molecule has 1 atom stereocenters. The fourth-order valence-corrected chi connectivity index (χ4v) is 4.25. The zero-order valence-electron chi connectivity index (χ0n) is 23.8. The van der Waals surface area contributed by atoms with E-state index in [2.05, 4.69) is 62.1 Å². The molecule has 4 rings (SSSR count). The van der Waals surface area contributed by atoms with Gasteiger partial charge in [0, 0.05) is 47.6 Å². The Morgan fingerprint density at radius 2 is 1.12 bits per heavy atom. The molecule has 4 aromatic carbocycles. The lowest BCUT2D eigenvalue weighted by Gasteiger charge is -2.37. The monoisotopic (exact) mass is 551 g/mol. The molecule has 0 heterocycles. The van der Waals surface area contributed by atoms with Crippen LogP contribution in [0.2, 0.25) is 0 Å². The van der Waals surface area contributed by atoms with Gasteiger partial charge in [-0.1, -0.05) is 72.4 Å². The van der Waals surface area contributed by atoms with Crippen LogP contribution in [-0.4, -0.2) is 30.7 Å². The van der Waals surface area contributed by atoms with Crippen molar-refractivity contribution >= 4 is 23.0 Å². The third kappa shape index (κ3) is 7.16. The van der Waals surface area contributed by atoms with Crippen molar-refractivity contribution in [2.75, 3.05) is 20.1 Å². The van der Waals surface area contributed by atoms with Crippen LogP contribution in [0.3, 0.4) is 0 Å². The zero-order valence-corrected chi connectivity index (χ0v) is 23.8. The van der Waals surface area contributed by atoms with Crippen molar-refractivity contribution in [3.8, 4) is 11.5 Å². The van der Waals surface area contributed by atoms with Crippen LogP contribution in [0.4, 0.5) is 17.1 Å². The number of carbonyl (C=O) groups excluding carboxylic acids is 1. The van der Waals surface area contributed by atoms with E-state index in [-0.39, 0.29) is 9.24 Å². The minimum Gasteiger partial charge on any atom is -0.456 e. The van der Waals surface area contributed by atoms with E-state index in [0.29, 0.717) is 35.9 Å². The molecule has 0 radical (unpaired) electrons. The Balaban J connectivity index is 1.56. The standard InChI is InChI=1S/C34H37N3O4/c1-6-36(5,26-28(4)39-32-22-24-33(25-23-32)40-34(38)27(2)3)35-41-37(29-16-10-7-11-17-29,30-18-12-8-13-19-30)31-20-14-9-15-21-31/h7-25,35H,2,4,6,26H2,1,3,5H3/q+2. The molecule has 0 amide bonds. The van der Waals surface area contributed by atoms with Crippen LogP contribution in [-0.2, 0) is 9.73 Å². The van der Waals surface area contributed by atoms with E-state index in [0.717, 1.165) is 17.1 Å². The van der Waals surface area contributed by atoms with E-state index in [1.165, 1.54) is 0 Å². The number of esters is 1. The summed E-state index contributed by atoms with van der Waals surface area (Å²) in [7, 11) is 2.02. The third-order valence-electron chi connectivity index (χ3n) is 6.63. The number of rotatable bonds is 13. The number of likely N-dealkylation sites (N-methyl/N-ethyl adjacent to an activating group) is 1. The van der Waals surface area contributed by atoms with Crippen LogP contribution in [0.25, 0.3) is 0 Å². The summed E-state index contributed by atoms with van der Waals surface area (Å²) in [5.74, 6) is 1.06. The van der Waals surface area contributed by atoms with Crippen molar-refractivity contribution in [2.45, 2.75) is 13.8 Å². The highest BCUT2D eigenvalue weighted by molar-refractivity contribution is 5.88. The van der Waals surface area contributed by atoms with Gasteiger partial charge in [-0.05, 0) is 43.1 Å². The first kappa shape index (κ1) is 29.5. The molecule has 0 saturated heterocycles. The van der Waals surface area contributed by atoms with Gasteiger partial charge in [0.2, 0.25) is 0 Å². The first-order chi connectivity index (χ1) is 19.8. The maximum absolute atomic E-state index is 11.8. The summed E-state index contributed by atoms with van der Waals surface area (Å²) < 4.78 is 11.6. The average Bonchev–Trinajstić information content (AvgIpc) is 3.00. The third-order valence-corrected chi connectivity index (χ3v) is 6.63. The van der Waals surface area contributed by atoms with Gasteiger partial charge in [-0.25, -0.2) is 9.39 Å². The molecule has 0 saturated carbocycles. The molecule has 41 heavy (non-hydrogen) atoms. The second-order valence-corrected chi connectivity index (χ2v) is 9.95. The number of hydrogen-bond acceptors (Lipinski definition) is 5. The van der Waals surface area contributed by atoms with Crippen molar-refractivity contribution in [1.82, 2.24) is 10.2 Å². The molecule has 1 N–H and O–H groups in total. The molecule has 0 spiro atoms. The molecule has 0 fully saturated rings. The van der Waals surface area contributed by atoms with Gasteiger partial charge in [0.1, 0.15) is 11.5 Å². The second kappa shape index (κ2) is 13.2. The molecular weight excluding hydrogens is 514 g/mol. The Labute approximate surface area is 242 Å². The summed E-state index contributed by atoms with van der Waals surface area (Å²) in [5.41, 5.74) is 6.47. The molecule has 0 aliphatic rings. The summed E-state index contributed by atoms with van der Waals surface area (Å²) in [5, 5.41) is 0. The first-order valence-electron chi connectivity index (χ1n) is 13.5. The fraction of sp³-hybridized carbons (Fsp3) is 0.147. The number of benzene rings is 4. The second-order valence-electron chi connectivity index (χ2n) is 9.95. The van der Waals surface area contributed by atoms with Crippen molar-refractivity contribution in [1.29, 1.82) is 0 Å². The minimum atomic E-state index is -0.471. The number of nitrogens with one attached hydrogen (secondary N) is 1. The average molecular weight is 552 g/mol. The number of ether oxygens (including phenoxy) is 2. The van der Waals surface area contributed by atoms with Gasteiger partial charge in [-0.3, -0.25) is 0 Å². The Kier molecular flexibility index (Phi) is 9.49. The van der Waals surface area contributed by atoms with Gasteiger partial charge in [0.15, 0.2) is 29.4 Å². The van der Waals surface area contributed by atoms with E-state index >= 15 is 0 Å². The number of nitrogens with zero attached hydrogens (tertiary/aromatic N) is 2. The first-order valence-corrected chi connectivity index (χ1v) is 13.5. The number of quaternary nitrogens is 2. The Morgan fingerprint density at radius 1 is 0.707 bits per heavy atom. The van der Waals surface area contributed by atoms with Crippen LogP contribution in [0.1, 0.15) is 13.8 Å². The molecule has 0 aliphatic carbocycles. The normalized spacial score (nSPS) is 12.7. The van der Waals surface area contributed by atoms with Gasteiger partial charge in [0.25, 0.3) is 0 Å². The lowest BCUT2D eigenvalue weighted by molar-refractivity contribution is -0.977. The molecule has 0 bridgehead atoms. The van der Waals surface area contributed by atoms with Crippen LogP contribution in [0.5, 0.6) is 11.5 Å². The van der Waals surface area contributed by atoms with Gasteiger partial charge < -0.3 is 9.47 Å². The SMILES string of the molecule is C=C(C[N+](C)(CC)NO[N+](c1ccccc1)(c1ccccc1)c1ccccc1)Oc1ccc(OC(=O)C(=C)C)cc1. The quantitative estimate of drug-likeness (QED) is 0.0464. The zero-order chi connectivity index (χ0) is 29.3. The molecule has 7 nitrogen and oxygen atoms in total. The molecule has 210 valence electrons. The highest BCUT2D eigenvalue weighted by Gasteiger charge is 2.42. The number of para-hydroxylation sites is 3. The highest BCUT2D eigenvalue weighted by atomic mass is 16.9. The number of hydrogen-bond donors (Lipinski definition) is 1. The molecule has 1 unspecified atom stereocenters. The van der Waals surface area contributed by atoms with E-state index in [9.17, 15) is 4.79 Å². The molecule has 0 aliphatic heterocycles. The fourth-order valence-electron chi connectivity index (χ4n) is 4.25. The predicted octanol–water partition coefficient (Wildman–Crippen LogP) is 7.55. The van der Waals surface area contributed by atoms with Crippen molar-refractivity contribution in [2.24, 2.45) is 0 Å². The highest BCUT2D eigenvalue weighted by Crippen LogP contribution is 2.43. The van der Waals surface area contributed by atoms with E-state index < -0.39 is 5.97 Å². The summed E-state index contributed by atoms with van der Waals surface area (Å²) in [4.78, 5) is 18.6. The van der Waals surface area contributed by atoms with E-state index in [1.54, 1.807) is 31.2 Å². The topological polar surface area (TPSA) is 56.8 Å². The summed E-state index contributed by atoms with van der Waals surface area (Å²) in [6.07, 6.45) is 0. The molecule has 0 aromatic heterocycles. The van der Waals surface area contributed by atoms with Crippen molar-refractivity contribution < 1.29 is 23.8 Å². The number of carbonyl (C=O) groups is 1. The van der Waals surface area contributed by atoms with Crippen LogP contribution >= 0.6 is 0 Å². The van der Waals surface area contributed by atoms with Crippen LogP contribution in [0, 0.1) is 0 Å².